The van der Waals surface area contributed by atoms with Crippen LogP contribution < -0.4 is 10.2 Å². The van der Waals surface area contributed by atoms with E-state index in [0.29, 0.717) is 0 Å². The number of hydrogen-bond donors (Lipinski definition) is 1. The topological polar surface area (TPSA) is 28.2 Å². The number of nitrogens with one attached hydrogen (secondary N) is 1. The van der Waals surface area contributed by atoms with E-state index < -0.39 is 0 Å². The van der Waals surface area contributed by atoms with Gasteiger partial charge >= 0.3 is 0 Å². The van der Waals surface area contributed by atoms with Crippen molar-refractivity contribution in [3.63, 3.8) is 0 Å². The number of halogens is 1. The van der Waals surface area contributed by atoms with E-state index in [1.807, 2.05) is 19.4 Å². The Bertz CT molecular complexity index is 335. The van der Waals surface area contributed by atoms with Crippen LogP contribution in [0.25, 0.3) is 0 Å². The minimum atomic E-state index is 0.835. The molecule has 1 fully saturated rings. The maximum absolute atomic E-state index is 4.21. The van der Waals surface area contributed by atoms with Gasteiger partial charge in [0, 0.05) is 23.8 Å². The van der Waals surface area contributed by atoms with E-state index in [1.165, 1.54) is 18.5 Å². The first-order valence-electron chi connectivity index (χ1n) is 5.79. The first-order valence-corrected chi connectivity index (χ1v) is 6.59. The summed E-state index contributed by atoms with van der Waals surface area (Å²) >= 11 is 3.47. The summed E-state index contributed by atoms with van der Waals surface area (Å²) in [5.41, 5.74) is 1.23. The molecule has 0 radical (unpaired) electrons. The van der Waals surface area contributed by atoms with Crippen molar-refractivity contribution >= 4 is 21.6 Å². The molecule has 16 heavy (non-hydrogen) atoms. The smallest absolute Gasteiger partial charge is 0.0564 e. The van der Waals surface area contributed by atoms with Crippen molar-refractivity contribution in [3.05, 3.63) is 22.9 Å². The van der Waals surface area contributed by atoms with Gasteiger partial charge in [-0.05, 0) is 54.3 Å². The van der Waals surface area contributed by atoms with Crippen molar-refractivity contribution < 1.29 is 0 Å². The van der Waals surface area contributed by atoms with E-state index in [4.69, 9.17) is 0 Å². The Labute approximate surface area is 105 Å². The SMILES string of the molecule is CNCC1CCN(c2cncc(Br)c2)CC1. The molecule has 1 saturated heterocycles. The van der Waals surface area contributed by atoms with Gasteiger partial charge in [-0.2, -0.15) is 0 Å². The van der Waals surface area contributed by atoms with Gasteiger partial charge in [-0.3, -0.25) is 4.98 Å². The summed E-state index contributed by atoms with van der Waals surface area (Å²) in [5.74, 6) is 0.835. The molecule has 1 aromatic heterocycles. The van der Waals surface area contributed by atoms with Crippen LogP contribution in [-0.4, -0.2) is 31.7 Å². The highest BCUT2D eigenvalue weighted by Gasteiger charge is 2.18. The zero-order chi connectivity index (χ0) is 11.4. The second kappa shape index (κ2) is 5.64. The van der Waals surface area contributed by atoms with E-state index in [1.54, 1.807) is 0 Å². The number of nitrogens with zero attached hydrogens (tertiary/aromatic N) is 2. The molecule has 0 amide bonds. The molecule has 0 bridgehead atoms. The predicted molar refractivity (Wildman–Crippen MR) is 70.8 cm³/mol. The number of pyridine rings is 1. The maximum atomic E-state index is 4.21. The lowest BCUT2D eigenvalue weighted by molar-refractivity contribution is 0.393. The molecular weight excluding hydrogens is 266 g/mol. The predicted octanol–water partition coefficient (Wildman–Crippen LogP) is 2.28. The minimum Gasteiger partial charge on any atom is -0.370 e. The van der Waals surface area contributed by atoms with Crippen LogP contribution in [0, 0.1) is 5.92 Å². The van der Waals surface area contributed by atoms with Gasteiger partial charge in [0.05, 0.1) is 11.9 Å². The summed E-state index contributed by atoms with van der Waals surface area (Å²) in [6, 6.07) is 2.14. The van der Waals surface area contributed by atoms with Crippen LogP contribution in [-0.2, 0) is 0 Å². The third-order valence-electron chi connectivity index (χ3n) is 3.16. The third-order valence-corrected chi connectivity index (χ3v) is 3.60. The van der Waals surface area contributed by atoms with Crippen LogP contribution in [0.4, 0.5) is 5.69 Å². The Kier molecular flexibility index (Phi) is 4.18. The van der Waals surface area contributed by atoms with Crippen molar-refractivity contribution in [2.75, 3.05) is 31.6 Å². The molecule has 2 heterocycles. The lowest BCUT2D eigenvalue weighted by atomic mass is 9.96. The van der Waals surface area contributed by atoms with Gasteiger partial charge in [0.2, 0.25) is 0 Å². The minimum absolute atomic E-state index is 0.835. The standard InChI is InChI=1S/C12H18BrN3/c1-14-7-10-2-4-16(5-3-10)12-6-11(13)8-15-9-12/h6,8-10,14H,2-5,7H2,1H3. The Balaban J connectivity index is 1.94. The molecule has 0 spiro atoms. The maximum Gasteiger partial charge on any atom is 0.0564 e. The van der Waals surface area contributed by atoms with E-state index >= 15 is 0 Å². The molecule has 1 aliphatic heterocycles. The lowest BCUT2D eigenvalue weighted by Gasteiger charge is -2.33. The van der Waals surface area contributed by atoms with Crippen molar-refractivity contribution in [1.82, 2.24) is 10.3 Å². The summed E-state index contributed by atoms with van der Waals surface area (Å²) in [7, 11) is 2.03. The highest BCUT2D eigenvalue weighted by atomic mass is 79.9. The van der Waals surface area contributed by atoms with E-state index in [9.17, 15) is 0 Å². The van der Waals surface area contributed by atoms with Gasteiger partial charge in [-0.15, -0.1) is 0 Å². The Hall–Kier alpha value is -0.610. The average Bonchev–Trinajstić information content (AvgIpc) is 2.30. The monoisotopic (exact) mass is 283 g/mol. The molecule has 1 N–H and O–H groups in total. The molecule has 0 unspecified atom stereocenters. The van der Waals surface area contributed by atoms with Crippen LogP contribution in [0.3, 0.4) is 0 Å². The van der Waals surface area contributed by atoms with Crippen LogP contribution in [0.15, 0.2) is 22.9 Å². The summed E-state index contributed by atoms with van der Waals surface area (Å²) < 4.78 is 1.06. The fraction of sp³-hybridized carbons (Fsp3) is 0.583. The summed E-state index contributed by atoms with van der Waals surface area (Å²) in [6.07, 6.45) is 6.32. The molecule has 4 heteroatoms. The molecule has 88 valence electrons. The highest BCUT2D eigenvalue weighted by Crippen LogP contribution is 2.24. The van der Waals surface area contributed by atoms with E-state index in [2.05, 4.69) is 37.2 Å². The largest absolute Gasteiger partial charge is 0.370 e. The Morgan fingerprint density at radius 1 is 1.44 bits per heavy atom. The summed E-state index contributed by atoms with van der Waals surface area (Å²) in [4.78, 5) is 6.63. The van der Waals surface area contributed by atoms with Crippen LogP contribution >= 0.6 is 15.9 Å². The van der Waals surface area contributed by atoms with Crippen molar-refractivity contribution in [2.24, 2.45) is 5.92 Å². The molecule has 0 saturated carbocycles. The zero-order valence-electron chi connectivity index (χ0n) is 9.62. The van der Waals surface area contributed by atoms with Gasteiger partial charge in [-0.25, -0.2) is 0 Å². The van der Waals surface area contributed by atoms with Gasteiger partial charge in [0.25, 0.3) is 0 Å². The second-order valence-electron chi connectivity index (χ2n) is 4.35. The van der Waals surface area contributed by atoms with Gasteiger partial charge in [0.1, 0.15) is 0 Å². The molecular formula is C12H18BrN3. The van der Waals surface area contributed by atoms with Crippen LogP contribution in [0.2, 0.25) is 0 Å². The van der Waals surface area contributed by atoms with Crippen molar-refractivity contribution in [3.8, 4) is 0 Å². The van der Waals surface area contributed by atoms with Crippen molar-refractivity contribution in [1.29, 1.82) is 0 Å². The molecule has 0 atom stereocenters. The number of anilines is 1. The molecule has 1 aliphatic rings. The zero-order valence-corrected chi connectivity index (χ0v) is 11.2. The average molecular weight is 284 g/mol. The first kappa shape index (κ1) is 11.9. The molecule has 0 aliphatic carbocycles. The number of rotatable bonds is 3. The first-order chi connectivity index (χ1) is 7.79. The van der Waals surface area contributed by atoms with E-state index in [0.717, 1.165) is 30.0 Å². The lowest BCUT2D eigenvalue weighted by Crippen LogP contribution is -2.36. The van der Waals surface area contributed by atoms with Crippen molar-refractivity contribution in [2.45, 2.75) is 12.8 Å². The van der Waals surface area contributed by atoms with E-state index in [-0.39, 0.29) is 0 Å². The van der Waals surface area contributed by atoms with Gasteiger partial charge < -0.3 is 10.2 Å². The van der Waals surface area contributed by atoms with Gasteiger partial charge in [-0.1, -0.05) is 0 Å². The fourth-order valence-electron chi connectivity index (χ4n) is 2.26. The molecule has 0 aromatic carbocycles. The quantitative estimate of drug-likeness (QED) is 0.923. The third kappa shape index (κ3) is 2.95. The summed E-state index contributed by atoms with van der Waals surface area (Å²) in [6.45, 7) is 3.43. The molecule has 2 rings (SSSR count). The highest BCUT2D eigenvalue weighted by molar-refractivity contribution is 9.10. The number of aromatic nitrogens is 1. The van der Waals surface area contributed by atoms with Gasteiger partial charge in [0.15, 0.2) is 0 Å². The van der Waals surface area contributed by atoms with Crippen LogP contribution in [0.1, 0.15) is 12.8 Å². The Morgan fingerprint density at radius 2 is 2.19 bits per heavy atom. The molecule has 1 aromatic rings. The summed E-state index contributed by atoms with van der Waals surface area (Å²) in [5, 5.41) is 3.26. The fourth-order valence-corrected chi connectivity index (χ4v) is 2.61. The normalized spacial score (nSPS) is 17.8. The van der Waals surface area contributed by atoms with Crippen LogP contribution in [0.5, 0.6) is 0 Å². The number of hydrogen-bond acceptors (Lipinski definition) is 3. The molecule has 3 nitrogen and oxygen atoms in total. The second-order valence-corrected chi connectivity index (χ2v) is 5.27. The number of piperidine rings is 1. The Morgan fingerprint density at radius 3 is 2.81 bits per heavy atom.